The van der Waals surface area contributed by atoms with E-state index >= 15 is 0 Å². The van der Waals surface area contributed by atoms with Crippen molar-refractivity contribution in [2.45, 2.75) is 33.0 Å². The molecule has 0 atom stereocenters. The average molecular weight is 603 g/mol. The number of rotatable bonds is 4. The van der Waals surface area contributed by atoms with Gasteiger partial charge in [-0.3, -0.25) is 14.5 Å². The quantitative estimate of drug-likeness (QED) is 0.216. The Kier molecular flexibility index (Phi) is 7.48. The second kappa shape index (κ2) is 11.6. The second-order valence-corrected chi connectivity index (χ2v) is 12.4. The minimum absolute atomic E-state index is 0.0454. The van der Waals surface area contributed by atoms with Crippen LogP contribution in [0.1, 0.15) is 46.0 Å². The molecule has 44 heavy (non-hydrogen) atoms. The Morgan fingerprint density at radius 1 is 0.750 bits per heavy atom. The number of nitrogens with zero attached hydrogens (tertiary/aromatic N) is 4. The molecule has 0 aliphatic carbocycles. The van der Waals surface area contributed by atoms with E-state index < -0.39 is 0 Å². The Morgan fingerprint density at radius 3 is 2.30 bits per heavy atom. The van der Waals surface area contributed by atoms with Gasteiger partial charge in [0.1, 0.15) is 5.69 Å². The van der Waals surface area contributed by atoms with E-state index in [-0.39, 0.29) is 11.8 Å². The van der Waals surface area contributed by atoms with Gasteiger partial charge in [0, 0.05) is 43.6 Å². The molecule has 1 saturated heterocycles. The van der Waals surface area contributed by atoms with Gasteiger partial charge in [0.25, 0.3) is 11.8 Å². The van der Waals surface area contributed by atoms with Crippen molar-refractivity contribution >= 4 is 39.9 Å². The third-order valence-corrected chi connectivity index (χ3v) is 9.41. The van der Waals surface area contributed by atoms with Crippen LogP contribution in [0.2, 0.25) is 5.02 Å². The van der Waals surface area contributed by atoms with Crippen molar-refractivity contribution in [2.75, 3.05) is 31.1 Å². The van der Waals surface area contributed by atoms with Crippen molar-refractivity contribution in [3.05, 3.63) is 125 Å². The lowest BCUT2D eigenvalue weighted by molar-refractivity contribution is 0.0585. The standard InChI is InChI=1S/C37H35ClN4O2/c1-25(2)39-18-20-40(21-19-39)37(44)35-17-15-29-24-42(34-13-6-4-9-28(34)23-41(29)35)36(43)32-16-14-27(22-33(32)38)31-12-7-10-26-8-3-5-11-30(26)31/h3-17,22,25H,18-21,23-24H2,1-2H3. The summed E-state index contributed by atoms with van der Waals surface area (Å²) in [5.41, 5.74) is 5.89. The normalized spacial score (nSPS) is 15.3. The van der Waals surface area contributed by atoms with Crippen molar-refractivity contribution in [3.8, 4) is 11.1 Å². The first-order valence-electron chi connectivity index (χ1n) is 15.3. The first-order chi connectivity index (χ1) is 21.4. The maximum atomic E-state index is 14.2. The van der Waals surface area contributed by atoms with Crippen LogP contribution in [0.4, 0.5) is 5.69 Å². The number of piperazine rings is 1. The Hall–Kier alpha value is -4.39. The number of aromatic nitrogens is 1. The highest BCUT2D eigenvalue weighted by Crippen LogP contribution is 2.35. The Balaban J connectivity index is 1.20. The predicted molar refractivity (Wildman–Crippen MR) is 177 cm³/mol. The van der Waals surface area contributed by atoms with Crippen molar-refractivity contribution in [3.63, 3.8) is 0 Å². The molecule has 0 unspecified atom stereocenters. The number of hydrogen-bond donors (Lipinski definition) is 0. The molecule has 3 heterocycles. The summed E-state index contributed by atoms with van der Waals surface area (Å²) in [5, 5.41) is 2.70. The summed E-state index contributed by atoms with van der Waals surface area (Å²) < 4.78 is 2.08. The zero-order valence-electron chi connectivity index (χ0n) is 25.0. The summed E-state index contributed by atoms with van der Waals surface area (Å²) in [4.78, 5) is 34.1. The fourth-order valence-electron chi connectivity index (χ4n) is 6.61. The van der Waals surface area contributed by atoms with Crippen molar-refractivity contribution in [1.82, 2.24) is 14.4 Å². The summed E-state index contributed by atoms with van der Waals surface area (Å²) in [6.45, 7) is 8.43. The number of benzene rings is 4. The van der Waals surface area contributed by atoms with Gasteiger partial charge in [-0.1, -0.05) is 78.3 Å². The van der Waals surface area contributed by atoms with Crippen LogP contribution in [0, 0.1) is 0 Å². The lowest BCUT2D eigenvalue weighted by atomic mass is 9.97. The van der Waals surface area contributed by atoms with Crippen LogP contribution in [0.15, 0.2) is 97.1 Å². The van der Waals surface area contributed by atoms with Crippen LogP contribution in [-0.2, 0) is 13.1 Å². The average Bonchev–Trinajstić information content (AvgIpc) is 3.36. The van der Waals surface area contributed by atoms with Crippen molar-refractivity contribution < 1.29 is 9.59 Å². The van der Waals surface area contributed by atoms with Gasteiger partial charge >= 0.3 is 0 Å². The number of anilines is 1. The highest BCUT2D eigenvalue weighted by atomic mass is 35.5. The third kappa shape index (κ3) is 5.08. The van der Waals surface area contributed by atoms with Crippen LogP contribution in [0.25, 0.3) is 21.9 Å². The minimum atomic E-state index is -0.167. The van der Waals surface area contributed by atoms with Gasteiger partial charge in [-0.25, -0.2) is 0 Å². The summed E-state index contributed by atoms with van der Waals surface area (Å²) >= 11 is 6.87. The molecule has 0 saturated carbocycles. The molecule has 6 nitrogen and oxygen atoms in total. The molecule has 1 fully saturated rings. The maximum Gasteiger partial charge on any atom is 0.270 e. The van der Waals surface area contributed by atoms with Crippen molar-refractivity contribution in [2.24, 2.45) is 0 Å². The second-order valence-electron chi connectivity index (χ2n) is 12.0. The summed E-state index contributed by atoms with van der Waals surface area (Å²) in [7, 11) is 0. The van der Waals surface area contributed by atoms with E-state index in [1.807, 2.05) is 77.7 Å². The fraction of sp³-hybridized carbons (Fsp3) is 0.243. The summed E-state index contributed by atoms with van der Waals surface area (Å²) in [5.74, 6) is -0.122. The van der Waals surface area contributed by atoms with E-state index in [1.165, 1.54) is 0 Å². The monoisotopic (exact) mass is 602 g/mol. The molecule has 0 N–H and O–H groups in total. The zero-order chi connectivity index (χ0) is 30.4. The van der Waals surface area contributed by atoms with E-state index in [2.05, 4.69) is 47.6 Å². The highest BCUT2D eigenvalue weighted by Gasteiger charge is 2.30. The fourth-order valence-corrected chi connectivity index (χ4v) is 6.87. The maximum absolute atomic E-state index is 14.2. The summed E-state index contributed by atoms with van der Waals surface area (Å²) in [6, 6.07) is 32.5. The van der Waals surface area contributed by atoms with Gasteiger partial charge < -0.3 is 14.4 Å². The van der Waals surface area contributed by atoms with Gasteiger partial charge in [0.05, 0.1) is 23.7 Å². The molecule has 2 amide bonds. The molecule has 0 radical (unpaired) electrons. The number of halogens is 1. The number of carbonyl (C=O) groups is 2. The SMILES string of the molecule is CC(C)N1CCN(C(=O)c2ccc3n2Cc2ccccc2N(C(=O)c2ccc(-c4cccc5ccccc45)cc2Cl)C3)CC1. The lowest BCUT2D eigenvalue weighted by Gasteiger charge is -2.37. The predicted octanol–water partition coefficient (Wildman–Crippen LogP) is 7.34. The first-order valence-corrected chi connectivity index (χ1v) is 15.7. The minimum Gasteiger partial charge on any atom is -0.335 e. The molecular formula is C37H35ClN4O2. The van der Waals surface area contributed by atoms with Gasteiger partial charge in [0.2, 0.25) is 0 Å². The van der Waals surface area contributed by atoms with E-state index in [1.54, 1.807) is 4.90 Å². The molecule has 222 valence electrons. The zero-order valence-corrected chi connectivity index (χ0v) is 25.8. The van der Waals surface area contributed by atoms with Gasteiger partial charge in [-0.2, -0.15) is 0 Å². The molecule has 2 aliphatic heterocycles. The van der Waals surface area contributed by atoms with Crippen molar-refractivity contribution in [1.29, 1.82) is 0 Å². The first kappa shape index (κ1) is 28.4. The smallest absolute Gasteiger partial charge is 0.270 e. The number of amides is 2. The van der Waals surface area contributed by atoms with E-state index in [0.29, 0.717) is 48.5 Å². The van der Waals surface area contributed by atoms with Gasteiger partial charge in [-0.15, -0.1) is 0 Å². The Morgan fingerprint density at radius 2 is 1.50 bits per heavy atom. The Labute approximate surface area is 263 Å². The van der Waals surface area contributed by atoms with Crippen LogP contribution in [-0.4, -0.2) is 58.4 Å². The molecular weight excluding hydrogens is 568 g/mol. The lowest BCUT2D eigenvalue weighted by Crippen LogP contribution is -2.51. The number of para-hydroxylation sites is 1. The molecule has 7 heteroatoms. The molecule has 1 aromatic heterocycles. The van der Waals surface area contributed by atoms with Crippen LogP contribution in [0.3, 0.4) is 0 Å². The van der Waals surface area contributed by atoms with E-state index in [0.717, 1.165) is 51.9 Å². The largest absolute Gasteiger partial charge is 0.335 e. The highest BCUT2D eigenvalue weighted by molar-refractivity contribution is 6.35. The topological polar surface area (TPSA) is 48.8 Å². The summed E-state index contributed by atoms with van der Waals surface area (Å²) in [6.07, 6.45) is 0. The molecule has 5 aromatic rings. The van der Waals surface area contributed by atoms with E-state index in [9.17, 15) is 9.59 Å². The molecule has 0 spiro atoms. The van der Waals surface area contributed by atoms with Gasteiger partial charge in [-0.05, 0) is 71.6 Å². The van der Waals surface area contributed by atoms with Gasteiger partial charge in [0.15, 0.2) is 0 Å². The van der Waals surface area contributed by atoms with E-state index in [4.69, 9.17) is 11.6 Å². The molecule has 0 bridgehead atoms. The Bertz CT molecular complexity index is 1880. The van der Waals surface area contributed by atoms with Crippen LogP contribution >= 0.6 is 11.6 Å². The number of hydrogen-bond acceptors (Lipinski definition) is 3. The number of fused-ring (bicyclic) bond motifs is 3. The van der Waals surface area contributed by atoms with Crippen LogP contribution in [0.5, 0.6) is 0 Å². The van der Waals surface area contributed by atoms with Crippen LogP contribution < -0.4 is 4.90 Å². The number of carbonyl (C=O) groups excluding carboxylic acids is 2. The third-order valence-electron chi connectivity index (χ3n) is 9.10. The molecule has 7 rings (SSSR count). The molecule has 2 aliphatic rings. The molecule has 4 aromatic carbocycles.